The van der Waals surface area contributed by atoms with Gasteiger partial charge >= 0.3 is 6.09 Å². The monoisotopic (exact) mass is 923 g/mol. The summed E-state index contributed by atoms with van der Waals surface area (Å²) in [7, 11) is 0. The molecule has 0 saturated heterocycles. The quantitative estimate of drug-likeness (QED) is 0.0193. The second-order valence-corrected chi connectivity index (χ2v) is 17.1. The average molecular weight is 925 g/mol. The van der Waals surface area contributed by atoms with Crippen molar-refractivity contribution in [1.29, 1.82) is 0 Å². The van der Waals surface area contributed by atoms with E-state index < -0.39 is 16.6 Å². The first kappa shape index (κ1) is 47.4. The van der Waals surface area contributed by atoms with Crippen LogP contribution in [-0.2, 0) is 27.6 Å². The molecular weight excluding hydrogens is 878 g/mol. The van der Waals surface area contributed by atoms with Gasteiger partial charge in [-0.3, -0.25) is 14.9 Å². The molecule has 5 rings (SSSR count). The molecule has 0 spiro atoms. The summed E-state index contributed by atoms with van der Waals surface area (Å²) in [6.07, 6.45) is -0.522. The number of halogens is 2. The van der Waals surface area contributed by atoms with Crippen molar-refractivity contribution in [1.82, 2.24) is 40.1 Å². The molecule has 22 heteroatoms. The van der Waals surface area contributed by atoms with E-state index in [0.29, 0.717) is 74.9 Å². The van der Waals surface area contributed by atoms with Gasteiger partial charge in [-0.1, -0.05) is 89.2 Å². The highest BCUT2D eigenvalue weighted by molar-refractivity contribution is 7.98. The molecule has 5 aromatic rings. The fourth-order valence-corrected chi connectivity index (χ4v) is 7.13. The number of alkyl carbamates (subject to hydrolysis) is 1. The molecule has 0 unspecified atom stereocenters. The molecule has 0 saturated carbocycles. The maximum absolute atomic E-state index is 12.5. The molecule has 0 aliphatic heterocycles. The summed E-state index contributed by atoms with van der Waals surface area (Å²) in [6, 6.07) is 21.4. The number of nitrogens with one attached hydrogen (secondary N) is 5. The van der Waals surface area contributed by atoms with Gasteiger partial charge in [-0.15, -0.1) is 0 Å². The summed E-state index contributed by atoms with van der Waals surface area (Å²) in [5, 5.41) is 29.3. The number of aromatic nitrogens is 6. The van der Waals surface area contributed by atoms with Crippen molar-refractivity contribution in [2.24, 2.45) is 0 Å². The van der Waals surface area contributed by atoms with E-state index in [9.17, 15) is 19.7 Å². The predicted octanol–water partition coefficient (Wildman–Crippen LogP) is 7.78. The van der Waals surface area contributed by atoms with Gasteiger partial charge in [0.05, 0.1) is 11.5 Å². The number of amides is 2. The van der Waals surface area contributed by atoms with Crippen LogP contribution in [0.4, 0.5) is 34.3 Å². The number of carbonyl (C=O) groups excluding carboxylic acids is 2. The zero-order chi connectivity index (χ0) is 44.5. The minimum atomic E-state index is -0.613. The van der Waals surface area contributed by atoms with Crippen molar-refractivity contribution in [3.8, 4) is 0 Å². The zero-order valence-electron chi connectivity index (χ0n) is 34.5. The van der Waals surface area contributed by atoms with Crippen LogP contribution in [0.25, 0.3) is 0 Å². The molecule has 0 atom stereocenters. The molecule has 2 heterocycles. The molecule has 0 aliphatic rings. The largest absolute Gasteiger partial charge is 0.444 e. The zero-order valence-corrected chi connectivity index (χ0v) is 37.6. The minimum absolute atomic E-state index is 0.0532. The van der Waals surface area contributed by atoms with Crippen molar-refractivity contribution >= 4 is 88.2 Å². The number of anilines is 4. The molecule has 0 bridgehead atoms. The summed E-state index contributed by atoms with van der Waals surface area (Å²) in [4.78, 5) is 64.8. The molecule has 18 nitrogen and oxygen atoms in total. The molecule has 2 aromatic heterocycles. The van der Waals surface area contributed by atoms with E-state index in [1.807, 2.05) is 48.5 Å². The third-order valence-electron chi connectivity index (χ3n) is 8.22. The SMILES string of the molecule is CC(=O)N(CCNc1nc(NCCNc2nc(NCCNC(=O)OC(C)(C)C)nc(SCc3ccc(Cl)cc3)n2)nc(SCc2ccc(Cl)cc2)n1)Cc1ccccc1[N+](=O)[O-]. The summed E-state index contributed by atoms with van der Waals surface area (Å²) in [6.45, 7) is 8.71. The van der Waals surface area contributed by atoms with Crippen LogP contribution in [0.5, 0.6) is 0 Å². The van der Waals surface area contributed by atoms with Crippen LogP contribution in [0.3, 0.4) is 0 Å². The number of nitro groups is 1. The number of ether oxygens (including phenoxy) is 1. The van der Waals surface area contributed by atoms with Crippen molar-refractivity contribution in [2.45, 2.75) is 61.7 Å². The van der Waals surface area contributed by atoms with Crippen LogP contribution < -0.4 is 26.6 Å². The molecule has 328 valence electrons. The first-order chi connectivity index (χ1) is 29.7. The van der Waals surface area contributed by atoms with Gasteiger partial charge in [0.25, 0.3) is 5.69 Å². The van der Waals surface area contributed by atoms with Crippen molar-refractivity contribution in [2.75, 3.05) is 60.5 Å². The van der Waals surface area contributed by atoms with Crippen molar-refractivity contribution in [3.63, 3.8) is 0 Å². The molecule has 3 aromatic carbocycles. The van der Waals surface area contributed by atoms with Gasteiger partial charge in [0.15, 0.2) is 10.3 Å². The molecule has 2 amide bonds. The highest BCUT2D eigenvalue weighted by Gasteiger charge is 2.19. The van der Waals surface area contributed by atoms with E-state index >= 15 is 0 Å². The fourth-order valence-electron chi connectivity index (χ4n) is 5.30. The number of rotatable bonds is 22. The number of nitrogens with zero attached hydrogens (tertiary/aromatic N) is 8. The predicted molar refractivity (Wildman–Crippen MR) is 244 cm³/mol. The maximum atomic E-state index is 12.5. The third-order valence-corrected chi connectivity index (χ3v) is 10.6. The smallest absolute Gasteiger partial charge is 0.407 e. The van der Waals surface area contributed by atoms with Crippen LogP contribution in [0.15, 0.2) is 83.1 Å². The Bertz CT molecular complexity index is 2270. The Morgan fingerprint density at radius 3 is 1.60 bits per heavy atom. The standard InChI is InChI=1S/C40H47Cl2N13O5S2/c1-26(56)54(23-29-7-5-6-8-32(29)55(58)59)22-21-46-36-49-34(51-38(53-36)62-25-28-11-15-31(42)16-12-28)44-18-17-43-33-48-35(45-19-20-47-39(57)60-40(2,3)4)52-37(50-33)61-24-27-9-13-30(41)14-10-27/h5-16H,17-25H2,1-4H3,(H,47,57)(H2,43,45,48,50,52)(H2,44,46,49,51,53). The van der Waals surface area contributed by atoms with Crippen LogP contribution in [0.1, 0.15) is 44.4 Å². The lowest BCUT2D eigenvalue weighted by Gasteiger charge is -2.21. The van der Waals surface area contributed by atoms with Crippen molar-refractivity contribution < 1.29 is 19.2 Å². The Balaban J connectivity index is 1.23. The summed E-state index contributed by atoms with van der Waals surface area (Å²) in [5.74, 6) is 2.16. The van der Waals surface area contributed by atoms with Crippen LogP contribution in [0.2, 0.25) is 10.0 Å². The Labute approximate surface area is 377 Å². The molecule has 0 fully saturated rings. The van der Waals surface area contributed by atoms with Crippen LogP contribution in [0, 0.1) is 10.1 Å². The Morgan fingerprint density at radius 2 is 1.15 bits per heavy atom. The third kappa shape index (κ3) is 16.6. The Morgan fingerprint density at radius 1 is 0.694 bits per heavy atom. The normalized spacial score (nSPS) is 11.1. The topological polar surface area (TPSA) is 227 Å². The van der Waals surface area contributed by atoms with E-state index in [1.54, 1.807) is 39.0 Å². The number of thioether (sulfide) groups is 2. The maximum Gasteiger partial charge on any atom is 0.407 e. The lowest BCUT2D eigenvalue weighted by atomic mass is 10.1. The molecule has 62 heavy (non-hydrogen) atoms. The number of nitro benzene ring substituents is 1. The fraction of sp³-hybridized carbons (Fsp3) is 0.350. The number of para-hydroxylation sites is 1. The summed E-state index contributed by atoms with van der Waals surface area (Å²) in [5.41, 5.74) is 1.83. The number of benzene rings is 3. The summed E-state index contributed by atoms with van der Waals surface area (Å²) < 4.78 is 5.31. The van der Waals surface area contributed by atoms with Gasteiger partial charge in [0, 0.05) is 79.4 Å². The van der Waals surface area contributed by atoms with Gasteiger partial charge in [0.1, 0.15) is 5.60 Å². The molecule has 0 radical (unpaired) electrons. The molecular formula is C40H47Cl2N13O5S2. The Hall–Kier alpha value is -5.70. The van der Waals surface area contributed by atoms with E-state index in [0.717, 1.165) is 11.1 Å². The average Bonchev–Trinajstić information content (AvgIpc) is 3.22. The van der Waals surface area contributed by atoms with Crippen LogP contribution >= 0.6 is 46.7 Å². The Kier molecular flexibility index (Phi) is 17.9. The van der Waals surface area contributed by atoms with Gasteiger partial charge in [0.2, 0.25) is 29.7 Å². The van der Waals surface area contributed by atoms with Gasteiger partial charge < -0.3 is 36.2 Å². The van der Waals surface area contributed by atoms with E-state index in [-0.39, 0.29) is 43.7 Å². The summed E-state index contributed by atoms with van der Waals surface area (Å²) >= 11 is 15.0. The van der Waals surface area contributed by atoms with Crippen LogP contribution in [-0.4, -0.2) is 96.6 Å². The van der Waals surface area contributed by atoms with E-state index in [2.05, 4.69) is 56.5 Å². The number of carbonyl (C=O) groups is 2. The highest BCUT2D eigenvalue weighted by Crippen LogP contribution is 2.25. The van der Waals surface area contributed by atoms with E-state index in [4.69, 9.17) is 27.9 Å². The number of hydrogen-bond acceptors (Lipinski definition) is 17. The second kappa shape index (κ2) is 23.5. The van der Waals surface area contributed by atoms with Gasteiger partial charge in [-0.2, -0.15) is 29.9 Å². The van der Waals surface area contributed by atoms with Gasteiger partial charge in [-0.05, 0) is 56.2 Å². The minimum Gasteiger partial charge on any atom is -0.444 e. The second-order valence-electron chi connectivity index (χ2n) is 14.3. The first-order valence-corrected chi connectivity index (χ1v) is 22.1. The number of hydrogen-bond donors (Lipinski definition) is 5. The molecule has 0 aliphatic carbocycles. The molecule has 5 N–H and O–H groups in total. The van der Waals surface area contributed by atoms with Crippen molar-refractivity contribution in [3.05, 3.63) is 110 Å². The highest BCUT2D eigenvalue weighted by atomic mass is 35.5. The lowest BCUT2D eigenvalue weighted by Crippen LogP contribution is -2.35. The lowest BCUT2D eigenvalue weighted by molar-refractivity contribution is -0.385. The van der Waals surface area contributed by atoms with Gasteiger partial charge in [-0.25, -0.2) is 4.79 Å². The first-order valence-electron chi connectivity index (χ1n) is 19.4. The van der Waals surface area contributed by atoms with E-state index in [1.165, 1.54) is 41.4 Å².